The van der Waals surface area contributed by atoms with Gasteiger partial charge in [-0.2, -0.15) is 0 Å². The molecule has 0 amide bonds. The standard InChI is InChI=1S/C20H32O2/c21-19-15-13-18(14-16-19)11-9-7-5-3-1-2-4-6-8-10-12-20-17-22-20/h13-16,20-21H,1-12,17H2. The van der Waals surface area contributed by atoms with Crippen molar-refractivity contribution in [3.05, 3.63) is 29.8 Å². The van der Waals surface area contributed by atoms with E-state index in [1.165, 1.54) is 76.2 Å². The smallest absolute Gasteiger partial charge is 0.115 e. The van der Waals surface area contributed by atoms with Crippen LogP contribution in [0.25, 0.3) is 0 Å². The van der Waals surface area contributed by atoms with Crippen LogP contribution in [0, 0.1) is 0 Å². The van der Waals surface area contributed by atoms with Crippen molar-refractivity contribution in [2.45, 2.75) is 83.2 Å². The van der Waals surface area contributed by atoms with Crippen LogP contribution >= 0.6 is 0 Å². The van der Waals surface area contributed by atoms with Gasteiger partial charge < -0.3 is 9.84 Å². The number of hydrogen-bond donors (Lipinski definition) is 1. The van der Waals surface area contributed by atoms with Crippen molar-refractivity contribution in [1.82, 2.24) is 0 Å². The highest BCUT2D eigenvalue weighted by molar-refractivity contribution is 5.25. The summed E-state index contributed by atoms with van der Waals surface area (Å²) in [6, 6.07) is 7.63. The van der Waals surface area contributed by atoms with Gasteiger partial charge in [-0.1, -0.05) is 69.9 Å². The lowest BCUT2D eigenvalue weighted by Crippen LogP contribution is -1.87. The summed E-state index contributed by atoms with van der Waals surface area (Å²) in [4.78, 5) is 0. The second-order valence-corrected chi connectivity index (χ2v) is 6.70. The van der Waals surface area contributed by atoms with E-state index >= 15 is 0 Å². The fourth-order valence-electron chi connectivity index (χ4n) is 3.01. The van der Waals surface area contributed by atoms with Crippen molar-refractivity contribution >= 4 is 0 Å². The molecule has 0 bridgehead atoms. The van der Waals surface area contributed by atoms with Crippen LogP contribution in [0.3, 0.4) is 0 Å². The van der Waals surface area contributed by atoms with Gasteiger partial charge in [-0.25, -0.2) is 0 Å². The summed E-state index contributed by atoms with van der Waals surface area (Å²) in [5.41, 5.74) is 1.34. The molecular formula is C20H32O2. The van der Waals surface area contributed by atoms with Crippen LogP contribution in [0.5, 0.6) is 5.75 Å². The Morgan fingerprint density at radius 1 is 0.773 bits per heavy atom. The number of aromatic hydroxyl groups is 1. The largest absolute Gasteiger partial charge is 0.508 e. The zero-order chi connectivity index (χ0) is 15.5. The number of phenolic OH excluding ortho intramolecular Hbond substituents is 1. The Balaban J connectivity index is 1.30. The van der Waals surface area contributed by atoms with E-state index in [9.17, 15) is 5.11 Å². The molecule has 1 saturated heterocycles. The second kappa shape index (κ2) is 10.7. The van der Waals surface area contributed by atoms with Crippen LogP contribution in [0.15, 0.2) is 24.3 Å². The predicted molar refractivity (Wildman–Crippen MR) is 92.3 cm³/mol. The van der Waals surface area contributed by atoms with Gasteiger partial charge in [0.15, 0.2) is 0 Å². The summed E-state index contributed by atoms with van der Waals surface area (Å²) in [7, 11) is 0. The summed E-state index contributed by atoms with van der Waals surface area (Å²) >= 11 is 0. The third-order valence-corrected chi connectivity index (χ3v) is 4.58. The highest BCUT2D eigenvalue weighted by Crippen LogP contribution is 2.18. The second-order valence-electron chi connectivity index (χ2n) is 6.70. The van der Waals surface area contributed by atoms with Gasteiger partial charge in [0.05, 0.1) is 12.7 Å². The molecule has 2 rings (SSSR count). The zero-order valence-corrected chi connectivity index (χ0v) is 13.9. The maximum absolute atomic E-state index is 9.24. The first-order valence-corrected chi connectivity index (χ1v) is 9.24. The molecule has 1 atom stereocenters. The fraction of sp³-hybridized carbons (Fsp3) is 0.700. The van der Waals surface area contributed by atoms with Crippen LogP contribution in [0.1, 0.15) is 76.2 Å². The van der Waals surface area contributed by atoms with Crippen LogP contribution in [0.4, 0.5) is 0 Å². The van der Waals surface area contributed by atoms with Crippen LogP contribution < -0.4 is 0 Å². The molecule has 124 valence electrons. The maximum Gasteiger partial charge on any atom is 0.115 e. The van der Waals surface area contributed by atoms with E-state index < -0.39 is 0 Å². The first-order chi connectivity index (χ1) is 10.8. The number of rotatable bonds is 13. The van der Waals surface area contributed by atoms with E-state index in [4.69, 9.17) is 4.74 Å². The van der Waals surface area contributed by atoms with E-state index in [0.717, 1.165) is 13.0 Å². The summed E-state index contributed by atoms with van der Waals surface area (Å²) in [6.07, 6.45) is 16.8. The van der Waals surface area contributed by atoms with Crippen LogP contribution in [-0.2, 0) is 11.2 Å². The Labute approximate surface area is 135 Å². The van der Waals surface area contributed by atoms with Crippen molar-refractivity contribution in [3.8, 4) is 5.75 Å². The van der Waals surface area contributed by atoms with E-state index in [-0.39, 0.29) is 0 Å². The minimum Gasteiger partial charge on any atom is -0.508 e. The first-order valence-electron chi connectivity index (χ1n) is 9.24. The fourth-order valence-corrected chi connectivity index (χ4v) is 3.01. The SMILES string of the molecule is Oc1ccc(CCCCCCCCCCCCC2CO2)cc1. The first kappa shape index (κ1) is 17.3. The Kier molecular flexibility index (Phi) is 8.40. The van der Waals surface area contributed by atoms with Crippen molar-refractivity contribution in [2.24, 2.45) is 0 Å². The molecule has 0 saturated carbocycles. The van der Waals surface area contributed by atoms with Gasteiger partial charge in [0.25, 0.3) is 0 Å². The molecule has 1 aromatic rings. The van der Waals surface area contributed by atoms with E-state index in [0.29, 0.717) is 11.9 Å². The zero-order valence-electron chi connectivity index (χ0n) is 13.9. The van der Waals surface area contributed by atoms with Crippen molar-refractivity contribution < 1.29 is 9.84 Å². The van der Waals surface area contributed by atoms with Gasteiger partial charge in [0.2, 0.25) is 0 Å². The number of epoxide rings is 1. The lowest BCUT2D eigenvalue weighted by molar-refractivity contribution is 0.387. The maximum atomic E-state index is 9.24. The quantitative estimate of drug-likeness (QED) is 0.379. The molecule has 0 aliphatic carbocycles. The van der Waals surface area contributed by atoms with E-state index in [1.54, 1.807) is 12.1 Å². The number of benzene rings is 1. The molecule has 0 aromatic heterocycles. The molecule has 1 aromatic carbocycles. The number of ether oxygens (including phenoxy) is 1. The summed E-state index contributed by atoms with van der Waals surface area (Å²) in [5, 5.41) is 9.24. The third-order valence-electron chi connectivity index (χ3n) is 4.58. The molecule has 1 N–H and O–H groups in total. The number of phenols is 1. The third kappa shape index (κ3) is 8.43. The highest BCUT2D eigenvalue weighted by Gasteiger charge is 2.20. The minimum absolute atomic E-state index is 0.365. The van der Waals surface area contributed by atoms with Gasteiger partial charge in [0, 0.05) is 0 Å². The molecule has 0 spiro atoms. The molecule has 2 heteroatoms. The number of aryl methyl sites for hydroxylation is 1. The molecule has 2 nitrogen and oxygen atoms in total. The van der Waals surface area contributed by atoms with Crippen molar-refractivity contribution in [2.75, 3.05) is 6.61 Å². The van der Waals surface area contributed by atoms with Gasteiger partial charge in [-0.15, -0.1) is 0 Å². The van der Waals surface area contributed by atoms with Gasteiger partial charge in [-0.3, -0.25) is 0 Å². The van der Waals surface area contributed by atoms with E-state index in [1.807, 2.05) is 12.1 Å². The number of hydrogen-bond acceptors (Lipinski definition) is 2. The lowest BCUT2D eigenvalue weighted by atomic mass is 10.0. The lowest BCUT2D eigenvalue weighted by Gasteiger charge is -2.03. The normalized spacial score (nSPS) is 16.8. The Morgan fingerprint density at radius 3 is 1.82 bits per heavy atom. The Bertz CT molecular complexity index is 381. The van der Waals surface area contributed by atoms with Crippen LogP contribution in [-0.4, -0.2) is 17.8 Å². The Hall–Kier alpha value is -1.02. The summed E-state index contributed by atoms with van der Waals surface area (Å²) in [6.45, 7) is 1.02. The Morgan fingerprint density at radius 2 is 1.27 bits per heavy atom. The highest BCUT2D eigenvalue weighted by atomic mass is 16.6. The van der Waals surface area contributed by atoms with E-state index in [2.05, 4.69) is 0 Å². The predicted octanol–water partition coefficient (Wildman–Crippen LogP) is 5.62. The topological polar surface area (TPSA) is 32.8 Å². The van der Waals surface area contributed by atoms with Crippen molar-refractivity contribution in [3.63, 3.8) is 0 Å². The molecule has 0 radical (unpaired) electrons. The molecule has 1 heterocycles. The van der Waals surface area contributed by atoms with Gasteiger partial charge in [-0.05, 0) is 37.0 Å². The average molecular weight is 304 g/mol. The number of unbranched alkanes of at least 4 members (excludes halogenated alkanes) is 9. The summed E-state index contributed by atoms with van der Waals surface area (Å²) in [5.74, 6) is 0.365. The molecule has 1 unspecified atom stereocenters. The van der Waals surface area contributed by atoms with Crippen LogP contribution in [0.2, 0.25) is 0 Å². The average Bonchev–Trinajstić information content (AvgIpc) is 3.34. The molecule has 1 aliphatic rings. The monoisotopic (exact) mass is 304 g/mol. The minimum atomic E-state index is 0.365. The molecular weight excluding hydrogens is 272 g/mol. The van der Waals surface area contributed by atoms with Gasteiger partial charge >= 0.3 is 0 Å². The van der Waals surface area contributed by atoms with Gasteiger partial charge in [0.1, 0.15) is 5.75 Å². The molecule has 1 fully saturated rings. The van der Waals surface area contributed by atoms with Crippen molar-refractivity contribution in [1.29, 1.82) is 0 Å². The summed E-state index contributed by atoms with van der Waals surface area (Å²) < 4.78 is 5.22. The molecule has 22 heavy (non-hydrogen) atoms. The molecule has 1 aliphatic heterocycles.